The van der Waals surface area contributed by atoms with Crippen LogP contribution in [0.3, 0.4) is 0 Å². The van der Waals surface area contributed by atoms with Crippen LogP contribution in [-0.2, 0) is 0 Å². The number of para-hydroxylation sites is 2. The molecule has 0 aliphatic heterocycles. The first-order chi connectivity index (χ1) is 40.7. The van der Waals surface area contributed by atoms with E-state index >= 15 is 0 Å². The monoisotopic (exact) mass is 1100 g/mol. The molecule has 0 amide bonds. The second-order valence-electron chi connectivity index (χ2n) is 21.0. The maximum atomic E-state index is 5.28. The summed E-state index contributed by atoms with van der Waals surface area (Å²) >= 11 is 0. The highest BCUT2D eigenvalue weighted by molar-refractivity contribution is 7.89. The van der Waals surface area contributed by atoms with Crippen LogP contribution in [0.1, 0.15) is 0 Å². The molecular weight excluding hydrogens is 1040 g/mol. The number of nitrogens with zero attached hydrogens (tertiary/aromatic N) is 4. The molecule has 0 aliphatic carbocycles. The highest BCUT2D eigenvalue weighted by atomic mass is 29.6. The fraction of sp³-hybridized carbons (Fsp3) is 0. The van der Waals surface area contributed by atoms with Crippen molar-refractivity contribution in [1.82, 2.24) is 19.5 Å². The Hall–Kier alpha value is -9.90. The van der Waals surface area contributed by atoms with Crippen molar-refractivity contribution in [3.63, 3.8) is 0 Å². The lowest BCUT2D eigenvalue weighted by atomic mass is 10.1. The molecule has 388 valence electrons. The Bertz CT molecular complexity index is 4250. The van der Waals surface area contributed by atoms with E-state index in [1.807, 2.05) is 36.4 Å². The number of benzene rings is 12. The van der Waals surface area contributed by atoms with Crippen molar-refractivity contribution in [3.05, 3.63) is 340 Å². The van der Waals surface area contributed by atoms with Crippen LogP contribution < -0.4 is 41.5 Å². The zero-order valence-electron chi connectivity index (χ0n) is 45.1. The van der Waals surface area contributed by atoms with Gasteiger partial charge in [0.05, 0.1) is 11.0 Å². The van der Waals surface area contributed by atoms with Gasteiger partial charge in [0.15, 0.2) is 17.5 Å². The maximum absolute atomic E-state index is 5.28. The van der Waals surface area contributed by atoms with Gasteiger partial charge in [-0.25, -0.2) is 15.0 Å². The van der Waals surface area contributed by atoms with Crippen LogP contribution in [0, 0.1) is 0 Å². The largest absolute Gasteiger partial charge is 0.309 e. The Morgan fingerprint density at radius 1 is 0.220 bits per heavy atom. The van der Waals surface area contributed by atoms with E-state index in [1.165, 1.54) is 63.3 Å². The van der Waals surface area contributed by atoms with Gasteiger partial charge in [-0.2, -0.15) is 0 Å². The summed E-state index contributed by atoms with van der Waals surface area (Å²) < 4.78 is 2.50. The smallest absolute Gasteiger partial charge is 0.164 e. The molecule has 12 aromatic carbocycles. The van der Waals surface area contributed by atoms with E-state index in [0.29, 0.717) is 17.5 Å². The molecule has 0 bridgehead atoms. The molecule has 0 saturated carbocycles. The van der Waals surface area contributed by atoms with Crippen LogP contribution in [0.2, 0.25) is 0 Å². The first kappa shape index (κ1) is 50.3. The minimum atomic E-state index is -3.74. The standard InChI is InChI=1S/C75H56N4Si3/c1-9-30-57(31-10-1)73-76-74(58-32-11-2-12-33-58)78-75(77-73)59-52-54-65(55-53-59)80(61-35-13-3-14-36-61,62-37-15-4-16-38-62)82(66-43-21-7-22-44-66,67-45-23-8-24-46-67)81(63-39-17-5-18-40-63,64-41-19-6-20-42-64)68-47-29-34-60(56-68)79-71-50-27-25-48-69(71)70-49-26-28-51-72(70)79/h1-56H. The van der Waals surface area contributed by atoms with Gasteiger partial charge in [-0.3, -0.25) is 0 Å². The number of rotatable bonds is 14. The zero-order chi connectivity index (χ0) is 54.8. The molecule has 14 aromatic rings. The van der Waals surface area contributed by atoms with E-state index in [2.05, 4.69) is 308 Å². The van der Waals surface area contributed by atoms with Crippen LogP contribution in [0.4, 0.5) is 0 Å². The predicted molar refractivity (Wildman–Crippen MR) is 350 cm³/mol. The summed E-state index contributed by atoms with van der Waals surface area (Å²) in [6.45, 7) is 0. The van der Waals surface area contributed by atoms with Crippen LogP contribution in [0.5, 0.6) is 0 Å². The first-order valence-electron chi connectivity index (χ1n) is 28.1. The average molecular weight is 1100 g/mol. The normalized spacial score (nSPS) is 11.9. The van der Waals surface area contributed by atoms with E-state index in [1.54, 1.807) is 0 Å². The van der Waals surface area contributed by atoms with Gasteiger partial charge in [-0.15, -0.1) is 0 Å². The van der Waals surface area contributed by atoms with Gasteiger partial charge in [-0.1, -0.05) is 352 Å². The van der Waals surface area contributed by atoms with Crippen molar-refractivity contribution >= 4 is 85.6 Å². The van der Waals surface area contributed by atoms with Gasteiger partial charge < -0.3 is 4.57 Å². The molecule has 0 atom stereocenters. The Morgan fingerprint density at radius 3 is 0.878 bits per heavy atom. The van der Waals surface area contributed by atoms with E-state index in [9.17, 15) is 0 Å². The topological polar surface area (TPSA) is 43.6 Å². The molecule has 0 fully saturated rings. The van der Waals surface area contributed by atoms with Crippen molar-refractivity contribution in [2.24, 2.45) is 0 Å². The number of hydrogen-bond donors (Lipinski definition) is 0. The molecule has 14 rings (SSSR count). The van der Waals surface area contributed by atoms with Crippen molar-refractivity contribution in [2.75, 3.05) is 0 Å². The van der Waals surface area contributed by atoms with E-state index in [4.69, 9.17) is 15.0 Å². The van der Waals surface area contributed by atoms with E-state index in [-0.39, 0.29) is 0 Å². The summed E-state index contributed by atoms with van der Waals surface area (Å²) in [4.78, 5) is 15.7. The highest BCUT2D eigenvalue weighted by Crippen LogP contribution is 2.36. The minimum Gasteiger partial charge on any atom is -0.309 e. The molecule has 0 spiro atoms. The fourth-order valence-electron chi connectivity index (χ4n) is 13.6. The molecule has 82 heavy (non-hydrogen) atoms. The third kappa shape index (κ3) is 8.20. The van der Waals surface area contributed by atoms with Crippen LogP contribution in [0.25, 0.3) is 61.7 Å². The molecular formula is C75H56N4Si3. The summed E-state index contributed by atoms with van der Waals surface area (Å²) in [6.07, 6.45) is 0. The number of fused-ring (bicyclic) bond motifs is 3. The summed E-state index contributed by atoms with van der Waals surface area (Å²) in [5, 5.41) is 13.4. The highest BCUT2D eigenvalue weighted by Gasteiger charge is 2.72. The van der Waals surface area contributed by atoms with Crippen LogP contribution in [0.15, 0.2) is 340 Å². The summed E-state index contributed by atoms with van der Waals surface area (Å²) in [5.41, 5.74) is 6.30. The fourth-order valence-corrected chi connectivity index (χ4v) is 58.9. The third-order valence-corrected chi connectivity index (χ3v) is 50.7. The van der Waals surface area contributed by atoms with Gasteiger partial charge in [0, 0.05) is 33.2 Å². The molecule has 0 N–H and O–H groups in total. The van der Waals surface area contributed by atoms with Crippen molar-refractivity contribution in [2.45, 2.75) is 0 Å². The lowest BCUT2D eigenvalue weighted by Gasteiger charge is -2.59. The van der Waals surface area contributed by atoms with E-state index < -0.39 is 22.3 Å². The minimum absolute atomic E-state index is 0.625. The first-order valence-corrected chi connectivity index (χ1v) is 36.1. The average Bonchev–Trinajstić information content (AvgIpc) is 1.39. The van der Waals surface area contributed by atoms with Gasteiger partial charge >= 0.3 is 0 Å². The Kier molecular flexibility index (Phi) is 13.3. The summed E-state index contributed by atoms with van der Waals surface area (Å²) in [7, 11) is -11.1. The van der Waals surface area contributed by atoms with Gasteiger partial charge in [-0.05, 0) is 29.5 Å². The molecule has 2 aromatic heterocycles. The molecule has 2 heterocycles. The van der Waals surface area contributed by atoms with Gasteiger partial charge in [0.2, 0.25) is 0 Å². The Balaban J connectivity index is 1.16. The van der Waals surface area contributed by atoms with Crippen molar-refractivity contribution in [3.8, 4) is 39.9 Å². The number of aromatic nitrogens is 4. The SMILES string of the molecule is c1ccc(-c2nc(-c3ccccc3)nc(-c3ccc([Si](c4ccccc4)(c4ccccc4)[Si](c4ccccc4)(c4ccccc4)[Si](c4ccccc4)(c4ccccc4)c4cccc(-n5c6ccccc6c6ccccc65)c4)cc3)n2)cc1. The summed E-state index contributed by atoms with van der Waals surface area (Å²) in [6, 6.07) is 128. The molecule has 7 heteroatoms. The quantitative estimate of drug-likeness (QED) is 0.0805. The second-order valence-corrected chi connectivity index (χ2v) is 40.6. The van der Waals surface area contributed by atoms with Gasteiger partial charge in [0.25, 0.3) is 0 Å². The van der Waals surface area contributed by atoms with Crippen LogP contribution >= 0.6 is 0 Å². The third-order valence-electron chi connectivity index (χ3n) is 16.8. The lowest BCUT2D eigenvalue weighted by molar-refractivity contribution is 1.07. The molecule has 0 aliphatic rings. The lowest BCUT2D eigenvalue weighted by Crippen LogP contribution is -3.04. The molecule has 0 saturated heterocycles. The zero-order valence-corrected chi connectivity index (χ0v) is 48.1. The maximum Gasteiger partial charge on any atom is 0.164 e. The second kappa shape index (κ2) is 21.6. The number of hydrogen-bond acceptors (Lipinski definition) is 3. The Labute approximate surface area is 481 Å². The molecule has 0 unspecified atom stereocenters. The van der Waals surface area contributed by atoms with Crippen molar-refractivity contribution in [1.29, 1.82) is 0 Å². The van der Waals surface area contributed by atoms with Crippen molar-refractivity contribution < 1.29 is 0 Å². The summed E-state index contributed by atoms with van der Waals surface area (Å²) in [5.74, 6) is 1.89. The van der Waals surface area contributed by atoms with Gasteiger partial charge in [0.1, 0.15) is 22.3 Å². The van der Waals surface area contributed by atoms with Crippen LogP contribution in [-0.4, -0.2) is 41.8 Å². The molecule has 0 radical (unpaired) electrons. The molecule has 4 nitrogen and oxygen atoms in total. The Morgan fingerprint density at radius 2 is 0.500 bits per heavy atom. The van der Waals surface area contributed by atoms with E-state index in [0.717, 1.165) is 22.4 Å². The predicted octanol–water partition coefficient (Wildman–Crippen LogP) is 12.0.